The first-order chi connectivity index (χ1) is 8.00. The first-order valence-electron chi connectivity index (χ1n) is 6.16. The lowest BCUT2D eigenvalue weighted by atomic mass is 9.97. The van der Waals surface area contributed by atoms with E-state index in [1.165, 1.54) is 5.56 Å². The number of carbonyl (C=O) groups excluding carboxylic acids is 1. The Hall–Kier alpha value is -1.57. The van der Waals surface area contributed by atoms with Crippen LogP contribution in [0.3, 0.4) is 0 Å². The number of ketones is 1. The molecule has 0 unspecified atom stereocenters. The Morgan fingerprint density at radius 3 is 2.47 bits per heavy atom. The van der Waals surface area contributed by atoms with E-state index < -0.39 is 0 Å². The molecule has 0 saturated carbocycles. The van der Waals surface area contributed by atoms with Gasteiger partial charge in [-0.2, -0.15) is 0 Å². The molecule has 90 valence electrons. The number of rotatable bonds is 3. The maximum atomic E-state index is 12.1. The number of fused-ring (bicyclic) bond motifs is 1. The van der Waals surface area contributed by atoms with Crippen LogP contribution >= 0.6 is 0 Å². The minimum absolute atomic E-state index is 0.0386. The third-order valence-corrected chi connectivity index (χ3v) is 3.16. The predicted octanol–water partition coefficient (Wildman–Crippen LogP) is 4.13. The quantitative estimate of drug-likeness (QED) is 0.789. The molecule has 0 saturated heterocycles. The Balaban J connectivity index is 2.58. The van der Waals surface area contributed by atoms with Gasteiger partial charge < -0.3 is 4.98 Å². The Kier molecular flexibility index (Phi) is 3.05. The lowest BCUT2D eigenvalue weighted by Crippen LogP contribution is -2.06. The van der Waals surface area contributed by atoms with E-state index in [9.17, 15) is 4.79 Å². The van der Waals surface area contributed by atoms with Crippen LogP contribution in [-0.2, 0) is 0 Å². The lowest BCUT2D eigenvalue weighted by molar-refractivity contribution is 0.0941. The number of Topliss-reactive ketones (excluding diaryl/α,β-unsaturated/α-hetero) is 1. The van der Waals surface area contributed by atoms with Crippen LogP contribution < -0.4 is 0 Å². The Labute approximate surface area is 102 Å². The van der Waals surface area contributed by atoms with E-state index in [0.717, 1.165) is 16.5 Å². The van der Waals surface area contributed by atoms with Crippen molar-refractivity contribution >= 4 is 16.7 Å². The van der Waals surface area contributed by atoms with Crippen molar-refractivity contribution in [2.75, 3.05) is 0 Å². The third-order valence-electron chi connectivity index (χ3n) is 3.16. The second kappa shape index (κ2) is 4.36. The summed E-state index contributed by atoms with van der Waals surface area (Å²) in [7, 11) is 0. The van der Waals surface area contributed by atoms with Gasteiger partial charge in [-0.25, -0.2) is 0 Å². The molecule has 2 rings (SSSR count). The molecule has 2 aromatic rings. The van der Waals surface area contributed by atoms with Crippen LogP contribution in [0.5, 0.6) is 0 Å². The highest BCUT2D eigenvalue weighted by Gasteiger charge is 2.15. The molecule has 0 atom stereocenters. The molecule has 0 aliphatic heterocycles. The van der Waals surface area contributed by atoms with E-state index in [4.69, 9.17) is 0 Å². The number of nitrogens with one attached hydrogen (secondary N) is 1. The van der Waals surface area contributed by atoms with Crippen molar-refractivity contribution in [3.05, 3.63) is 35.5 Å². The third kappa shape index (κ3) is 2.12. The molecule has 2 nitrogen and oxygen atoms in total. The van der Waals surface area contributed by atoms with Crippen LogP contribution in [0, 0.1) is 5.92 Å². The molecule has 1 aromatic heterocycles. The van der Waals surface area contributed by atoms with Crippen LogP contribution in [0.15, 0.2) is 24.4 Å². The molecule has 1 N–H and O–H groups in total. The number of carbonyl (C=O) groups is 1. The van der Waals surface area contributed by atoms with E-state index >= 15 is 0 Å². The molecule has 0 bridgehead atoms. The summed E-state index contributed by atoms with van der Waals surface area (Å²) in [6.45, 7) is 8.20. The largest absolute Gasteiger partial charge is 0.360 e. The van der Waals surface area contributed by atoms with Gasteiger partial charge in [-0.05, 0) is 23.6 Å². The molecule has 0 aliphatic carbocycles. The lowest BCUT2D eigenvalue weighted by Gasteiger charge is -2.06. The molecule has 17 heavy (non-hydrogen) atoms. The zero-order valence-electron chi connectivity index (χ0n) is 10.9. The van der Waals surface area contributed by atoms with Crippen LogP contribution in [-0.4, -0.2) is 10.8 Å². The molecule has 1 heterocycles. The topological polar surface area (TPSA) is 32.9 Å². The Morgan fingerprint density at radius 2 is 1.88 bits per heavy atom. The summed E-state index contributed by atoms with van der Waals surface area (Å²) < 4.78 is 0. The minimum atomic E-state index is 0.0386. The number of aromatic amines is 1. The monoisotopic (exact) mass is 229 g/mol. The number of aromatic nitrogens is 1. The summed E-state index contributed by atoms with van der Waals surface area (Å²) in [5, 5.41) is 1.05. The molecular formula is C15H19NO. The van der Waals surface area contributed by atoms with E-state index in [0.29, 0.717) is 5.92 Å². The first kappa shape index (κ1) is 11.9. The summed E-state index contributed by atoms with van der Waals surface area (Å²) in [6, 6.07) is 6.31. The highest BCUT2D eigenvalue weighted by atomic mass is 16.1. The van der Waals surface area contributed by atoms with Gasteiger partial charge in [0.25, 0.3) is 0 Å². The number of benzene rings is 1. The fourth-order valence-corrected chi connectivity index (χ4v) is 2.01. The maximum absolute atomic E-state index is 12.1. The van der Waals surface area contributed by atoms with Gasteiger partial charge in [-0.3, -0.25) is 4.79 Å². The van der Waals surface area contributed by atoms with Crippen LogP contribution in [0.2, 0.25) is 0 Å². The van der Waals surface area contributed by atoms with Crippen molar-refractivity contribution in [1.29, 1.82) is 0 Å². The van der Waals surface area contributed by atoms with E-state index in [2.05, 4.69) is 37.0 Å². The van der Waals surface area contributed by atoms with E-state index in [1.807, 2.05) is 20.0 Å². The summed E-state index contributed by atoms with van der Waals surface area (Å²) in [6.07, 6.45) is 1.83. The predicted molar refractivity (Wildman–Crippen MR) is 71.6 cm³/mol. The molecule has 0 fully saturated rings. The minimum Gasteiger partial charge on any atom is -0.360 e. The summed E-state index contributed by atoms with van der Waals surface area (Å²) in [5.74, 6) is 0.727. The van der Waals surface area contributed by atoms with Crippen LogP contribution in [0.25, 0.3) is 10.9 Å². The molecule has 2 heteroatoms. The zero-order valence-corrected chi connectivity index (χ0v) is 10.9. The van der Waals surface area contributed by atoms with Gasteiger partial charge in [-0.1, -0.05) is 33.8 Å². The summed E-state index contributed by atoms with van der Waals surface area (Å²) in [5.41, 5.74) is 3.13. The van der Waals surface area contributed by atoms with Crippen molar-refractivity contribution in [2.45, 2.75) is 33.6 Å². The average Bonchev–Trinajstić information content (AvgIpc) is 2.70. The number of hydrogen-bond donors (Lipinski definition) is 1. The highest BCUT2D eigenvalue weighted by Crippen LogP contribution is 2.25. The maximum Gasteiger partial charge on any atom is 0.167 e. The molecule has 1 aromatic carbocycles. The smallest absolute Gasteiger partial charge is 0.167 e. The second-order valence-electron chi connectivity index (χ2n) is 5.18. The zero-order chi connectivity index (χ0) is 12.6. The number of H-pyrrole nitrogens is 1. The number of hydrogen-bond acceptors (Lipinski definition) is 1. The standard InChI is InChI=1S/C15H19NO/c1-9(2)11-5-6-14-12(7-11)13(8-16-14)15(17)10(3)4/h5-10,16H,1-4H3. The van der Waals surface area contributed by atoms with Crippen molar-refractivity contribution in [3.8, 4) is 0 Å². The van der Waals surface area contributed by atoms with Crippen molar-refractivity contribution in [1.82, 2.24) is 4.98 Å². The van der Waals surface area contributed by atoms with Crippen LogP contribution in [0.4, 0.5) is 0 Å². The SMILES string of the molecule is CC(C)C(=O)c1c[nH]c2ccc(C(C)C)cc12. The normalized spacial score (nSPS) is 11.6. The molecular weight excluding hydrogens is 210 g/mol. The van der Waals surface area contributed by atoms with Crippen LogP contribution in [0.1, 0.15) is 49.5 Å². The second-order valence-corrected chi connectivity index (χ2v) is 5.18. The van der Waals surface area contributed by atoms with Crippen molar-refractivity contribution < 1.29 is 4.79 Å². The molecule has 0 spiro atoms. The highest BCUT2D eigenvalue weighted by molar-refractivity contribution is 6.08. The van der Waals surface area contributed by atoms with Gasteiger partial charge >= 0.3 is 0 Å². The van der Waals surface area contributed by atoms with Crippen molar-refractivity contribution in [2.24, 2.45) is 5.92 Å². The molecule has 0 aliphatic rings. The van der Waals surface area contributed by atoms with Gasteiger partial charge in [0.2, 0.25) is 0 Å². The first-order valence-corrected chi connectivity index (χ1v) is 6.16. The summed E-state index contributed by atoms with van der Waals surface area (Å²) >= 11 is 0. The molecule has 0 amide bonds. The average molecular weight is 229 g/mol. The van der Waals surface area contributed by atoms with Gasteiger partial charge in [-0.15, -0.1) is 0 Å². The van der Waals surface area contributed by atoms with Gasteiger partial charge in [0.05, 0.1) is 0 Å². The van der Waals surface area contributed by atoms with Gasteiger partial charge in [0.1, 0.15) is 0 Å². The fraction of sp³-hybridized carbons (Fsp3) is 0.400. The Bertz CT molecular complexity index is 549. The summed E-state index contributed by atoms with van der Waals surface area (Å²) in [4.78, 5) is 15.2. The van der Waals surface area contributed by atoms with E-state index in [1.54, 1.807) is 0 Å². The van der Waals surface area contributed by atoms with Gasteiger partial charge in [0.15, 0.2) is 5.78 Å². The fourth-order valence-electron chi connectivity index (χ4n) is 2.01. The van der Waals surface area contributed by atoms with Gasteiger partial charge in [0, 0.05) is 28.6 Å². The van der Waals surface area contributed by atoms with E-state index in [-0.39, 0.29) is 11.7 Å². The molecule has 0 radical (unpaired) electrons. The Morgan fingerprint density at radius 1 is 1.18 bits per heavy atom. The van der Waals surface area contributed by atoms with Crippen molar-refractivity contribution in [3.63, 3.8) is 0 Å².